The van der Waals surface area contributed by atoms with Crippen molar-refractivity contribution in [2.45, 2.75) is 82.0 Å². The van der Waals surface area contributed by atoms with Gasteiger partial charge in [-0.3, -0.25) is 29.0 Å². The summed E-state index contributed by atoms with van der Waals surface area (Å²) in [7, 11) is 0. The van der Waals surface area contributed by atoms with E-state index in [1.165, 1.54) is 0 Å². The monoisotopic (exact) mass is 560 g/mol. The predicted octanol–water partition coefficient (Wildman–Crippen LogP) is -3.24. The summed E-state index contributed by atoms with van der Waals surface area (Å²) in [6.45, 7) is 0.525. The maximum Gasteiger partial charge on any atom is 0.326 e. The largest absolute Gasteiger partial charge is 0.481 e. The molecule has 222 valence electrons. The summed E-state index contributed by atoms with van der Waals surface area (Å²) in [6, 6.07) is -5.32. The molecule has 0 rings (SSSR count). The predicted molar refractivity (Wildman–Crippen MR) is 138 cm³/mol. The third kappa shape index (κ3) is 16.5. The minimum Gasteiger partial charge on any atom is -0.481 e. The first kappa shape index (κ1) is 35.0. The van der Waals surface area contributed by atoms with E-state index in [9.17, 15) is 33.9 Å². The first-order valence-electron chi connectivity index (χ1n) is 12.4. The van der Waals surface area contributed by atoms with Gasteiger partial charge in [-0.15, -0.1) is 0 Å². The number of guanidine groups is 1. The van der Waals surface area contributed by atoms with Crippen molar-refractivity contribution in [2.24, 2.45) is 27.9 Å². The molecule has 0 saturated heterocycles. The van der Waals surface area contributed by atoms with Crippen LogP contribution in [0.4, 0.5) is 0 Å². The molecule has 0 radical (unpaired) electrons. The Morgan fingerprint density at radius 1 is 0.667 bits per heavy atom. The maximum atomic E-state index is 13.0. The van der Waals surface area contributed by atoms with Gasteiger partial charge in [0.2, 0.25) is 17.7 Å². The number of carboxylic acid groups (broad SMARTS) is 3. The molecule has 0 aliphatic rings. The molecule has 4 atom stereocenters. The van der Waals surface area contributed by atoms with Crippen LogP contribution < -0.4 is 38.9 Å². The number of amides is 3. The van der Waals surface area contributed by atoms with Crippen LogP contribution in [0.5, 0.6) is 0 Å². The number of carboxylic acids is 3. The first-order chi connectivity index (χ1) is 18.3. The van der Waals surface area contributed by atoms with Crippen molar-refractivity contribution in [1.29, 1.82) is 0 Å². The van der Waals surface area contributed by atoms with Crippen LogP contribution in [-0.4, -0.2) is 94.2 Å². The third-order valence-corrected chi connectivity index (χ3v) is 5.43. The van der Waals surface area contributed by atoms with Gasteiger partial charge in [0.15, 0.2) is 5.96 Å². The highest BCUT2D eigenvalue weighted by atomic mass is 16.4. The van der Waals surface area contributed by atoms with E-state index >= 15 is 0 Å². The van der Waals surface area contributed by atoms with Crippen LogP contribution in [0.2, 0.25) is 0 Å². The summed E-state index contributed by atoms with van der Waals surface area (Å²) in [4.78, 5) is 75.8. The van der Waals surface area contributed by atoms with Gasteiger partial charge in [0, 0.05) is 19.4 Å². The molecule has 0 bridgehead atoms. The van der Waals surface area contributed by atoms with Gasteiger partial charge in [0.1, 0.15) is 18.1 Å². The van der Waals surface area contributed by atoms with Crippen LogP contribution in [0.15, 0.2) is 4.99 Å². The highest BCUT2D eigenvalue weighted by Gasteiger charge is 2.30. The number of rotatable bonds is 21. The Bertz CT molecular complexity index is 880. The number of aliphatic carboxylic acids is 3. The molecule has 39 heavy (non-hydrogen) atoms. The zero-order valence-electron chi connectivity index (χ0n) is 21.6. The quantitative estimate of drug-likeness (QED) is 0.0375. The van der Waals surface area contributed by atoms with Crippen molar-refractivity contribution in [3.05, 3.63) is 0 Å². The molecule has 17 nitrogen and oxygen atoms in total. The van der Waals surface area contributed by atoms with E-state index in [2.05, 4.69) is 20.9 Å². The molecular formula is C22H40N8O9. The number of nitrogens with one attached hydrogen (secondary N) is 3. The Hall–Kier alpha value is -3.99. The van der Waals surface area contributed by atoms with Crippen molar-refractivity contribution < 1.29 is 44.1 Å². The fraction of sp³-hybridized carbons (Fsp3) is 0.682. The molecule has 0 aromatic rings. The molecule has 0 spiro atoms. The molecule has 0 aliphatic carbocycles. The smallest absolute Gasteiger partial charge is 0.326 e. The zero-order chi connectivity index (χ0) is 30.0. The van der Waals surface area contributed by atoms with Crippen LogP contribution in [0, 0.1) is 0 Å². The standard InChI is InChI=1S/C22H40N8O9/c23-10-2-1-5-15(21(38)39)30-20(37)14(7-9-17(33)34)29-19(36)13(6-8-16(31)32)28-18(35)12(24)4-3-11-27-22(25)26/h12-15H,1-11,23-24H2,(H,28,35)(H,29,36)(H,30,37)(H,31,32)(H,33,34)(H,38,39)(H4,25,26,27). The molecule has 3 amide bonds. The number of hydrogen-bond donors (Lipinski definition) is 10. The van der Waals surface area contributed by atoms with Gasteiger partial charge < -0.3 is 54.2 Å². The fourth-order valence-electron chi connectivity index (χ4n) is 3.30. The molecular weight excluding hydrogens is 520 g/mol. The van der Waals surface area contributed by atoms with Crippen molar-refractivity contribution in [2.75, 3.05) is 13.1 Å². The average molecular weight is 561 g/mol. The Morgan fingerprint density at radius 3 is 1.59 bits per heavy atom. The minimum atomic E-state index is -1.48. The summed E-state index contributed by atoms with van der Waals surface area (Å²) in [6.07, 6.45) is -0.385. The number of carbonyl (C=O) groups is 6. The van der Waals surface area contributed by atoms with Gasteiger partial charge in [-0.25, -0.2) is 4.79 Å². The van der Waals surface area contributed by atoms with Crippen molar-refractivity contribution in [3.63, 3.8) is 0 Å². The number of hydrogen-bond acceptors (Lipinski definition) is 9. The Morgan fingerprint density at radius 2 is 1.15 bits per heavy atom. The Labute approximate surface area is 225 Å². The minimum absolute atomic E-state index is 0.0518. The van der Waals surface area contributed by atoms with E-state index in [1.54, 1.807) is 0 Å². The van der Waals surface area contributed by atoms with Gasteiger partial charge >= 0.3 is 17.9 Å². The molecule has 4 unspecified atom stereocenters. The molecule has 0 saturated carbocycles. The van der Waals surface area contributed by atoms with Gasteiger partial charge in [0.25, 0.3) is 0 Å². The van der Waals surface area contributed by atoms with Crippen molar-refractivity contribution in [1.82, 2.24) is 16.0 Å². The Kier molecular flexibility index (Phi) is 17.2. The molecule has 0 aliphatic heterocycles. The van der Waals surface area contributed by atoms with Gasteiger partial charge in [-0.1, -0.05) is 0 Å². The highest BCUT2D eigenvalue weighted by molar-refractivity contribution is 5.94. The van der Waals surface area contributed by atoms with Gasteiger partial charge in [-0.2, -0.15) is 0 Å². The summed E-state index contributed by atoms with van der Waals surface area (Å²) >= 11 is 0. The summed E-state index contributed by atoms with van der Waals surface area (Å²) < 4.78 is 0. The molecule has 0 heterocycles. The van der Waals surface area contributed by atoms with Crippen LogP contribution in [-0.2, 0) is 28.8 Å². The molecule has 14 N–H and O–H groups in total. The van der Waals surface area contributed by atoms with E-state index in [0.717, 1.165) is 0 Å². The van der Waals surface area contributed by atoms with Crippen LogP contribution >= 0.6 is 0 Å². The lowest BCUT2D eigenvalue weighted by molar-refractivity contribution is -0.143. The van der Waals surface area contributed by atoms with Crippen molar-refractivity contribution >= 4 is 41.6 Å². The number of unbranched alkanes of at least 4 members (excludes halogenated alkanes) is 1. The second-order valence-corrected chi connectivity index (χ2v) is 8.73. The van der Waals surface area contributed by atoms with Crippen LogP contribution in [0.1, 0.15) is 57.8 Å². The number of nitrogens with two attached hydrogens (primary N) is 4. The lowest BCUT2D eigenvalue weighted by Gasteiger charge is -2.25. The maximum absolute atomic E-state index is 13.0. The SMILES string of the molecule is NCCCCC(NC(=O)C(CCC(=O)O)NC(=O)C(CCC(=O)O)NC(=O)C(N)CCCN=C(N)N)C(=O)O. The molecule has 0 aromatic heterocycles. The highest BCUT2D eigenvalue weighted by Crippen LogP contribution is 2.07. The van der Waals surface area contributed by atoms with E-state index in [-0.39, 0.29) is 31.8 Å². The summed E-state index contributed by atoms with van der Waals surface area (Å²) in [5, 5.41) is 34.4. The molecule has 0 fully saturated rings. The average Bonchev–Trinajstić information content (AvgIpc) is 2.85. The number of aliphatic imine (C=N–C) groups is 1. The lowest BCUT2D eigenvalue weighted by atomic mass is 10.0. The number of nitrogens with zero attached hydrogens (tertiary/aromatic N) is 1. The topological polar surface area (TPSA) is 316 Å². The van der Waals surface area contributed by atoms with Gasteiger partial charge in [0.05, 0.1) is 6.04 Å². The third-order valence-electron chi connectivity index (χ3n) is 5.43. The Balaban J connectivity index is 5.54. The normalized spacial score (nSPS) is 13.7. The van der Waals surface area contributed by atoms with Gasteiger partial charge in [-0.05, 0) is 51.5 Å². The van der Waals surface area contributed by atoms with E-state index in [4.69, 9.17) is 33.1 Å². The summed E-state index contributed by atoms with van der Waals surface area (Å²) in [5.41, 5.74) is 21.7. The van der Waals surface area contributed by atoms with Crippen LogP contribution in [0.3, 0.4) is 0 Å². The lowest BCUT2D eigenvalue weighted by Crippen LogP contribution is -2.57. The van der Waals surface area contributed by atoms with E-state index in [1.807, 2.05) is 0 Å². The fourth-order valence-corrected chi connectivity index (χ4v) is 3.30. The second kappa shape index (κ2) is 19.1. The van der Waals surface area contributed by atoms with Crippen LogP contribution in [0.25, 0.3) is 0 Å². The van der Waals surface area contributed by atoms with Crippen molar-refractivity contribution in [3.8, 4) is 0 Å². The van der Waals surface area contributed by atoms with E-state index < -0.39 is 79.1 Å². The second-order valence-electron chi connectivity index (χ2n) is 8.73. The number of carbonyl (C=O) groups excluding carboxylic acids is 3. The van der Waals surface area contributed by atoms with E-state index in [0.29, 0.717) is 25.8 Å². The molecule has 17 heteroatoms. The zero-order valence-corrected chi connectivity index (χ0v) is 21.6. The summed E-state index contributed by atoms with van der Waals surface area (Å²) in [5.74, 6) is -6.70. The first-order valence-corrected chi connectivity index (χ1v) is 12.4. The molecule has 0 aromatic carbocycles.